The highest BCUT2D eigenvalue weighted by molar-refractivity contribution is 6.03. The Morgan fingerprint density at radius 1 is 1.25 bits per heavy atom. The minimum Gasteiger partial charge on any atom is -0.468 e. The van der Waals surface area contributed by atoms with Gasteiger partial charge in [-0.15, -0.1) is 0 Å². The fraction of sp³-hybridized carbons (Fsp3) is 0.867. The van der Waals surface area contributed by atoms with Crippen molar-refractivity contribution in [1.29, 1.82) is 0 Å². The van der Waals surface area contributed by atoms with Crippen LogP contribution >= 0.6 is 0 Å². The number of rotatable bonds is 8. The van der Waals surface area contributed by atoms with Gasteiger partial charge in [0.05, 0.1) is 7.11 Å². The number of hydrogen-bond acceptors (Lipinski definition) is 5. The standard InChI is InChI=1S/C15H26O5/c1-4-6-7-12(14(17)18-3)13(16)15(20-5-2)8-10-19-11-9-15/h12H,4-11H2,1-3H3. The number of ketones is 1. The van der Waals surface area contributed by atoms with Crippen LogP contribution in [0.25, 0.3) is 0 Å². The van der Waals surface area contributed by atoms with Gasteiger partial charge in [0, 0.05) is 32.7 Å². The molecule has 1 saturated heterocycles. The van der Waals surface area contributed by atoms with Gasteiger partial charge in [0.25, 0.3) is 0 Å². The fourth-order valence-electron chi connectivity index (χ4n) is 2.66. The van der Waals surface area contributed by atoms with Crippen molar-refractivity contribution >= 4 is 11.8 Å². The predicted molar refractivity (Wildman–Crippen MR) is 74.4 cm³/mol. The van der Waals surface area contributed by atoms with Crippen LogP contribution in [0.2, 0.25) is 0 Å². The first-order chi connectivity index (χ1) is 9.61. The molecule has 0 aliphatic carbocycles. The smallest absolute Gasteiger partial charge is 0.316 e. The molecule has 1 unspecified atom stereocenters. The van der Waals surface area contributed by atoms with E-state index in [0.29, 0.717) is 39.1 Å². The number of carbonyl (C=O) groups is 2. The summed E-state index contributed by atoms with van der Waals surface area (Å²) < 4.78 is 15.9. The molecule has 0 N–H and O–H groups in total. The Kier molecular flexibility index (Phi) is 7.16. The number of ether oxygens (including phenoxy) is 3. The van der Waals surface area contributed by atoms with E-state index < -0.39 is 17.5 Å². The molecule has 116 valence electrons. The summed E-state index contributed by atoms with van der Waals surface area (Å²) in [6, 6.07) is 0. The number of methoxy groups -OCH3 is 1. The van der Waals surface area contributed by atoms with Gasteiger partial charge in [-0.25, -0.2) is 0 Å². The van der Waals surface area contributed by atoms with Crippen LogP contribution < -0.4 is 0 Å². The van der Waals surface area contributed by atoms with Crippen LogP contribution in [0.3, 0.4) is 0 Å². The lowest BCUT2D eigenvalue weighted by atomic mass is 9.80. The van der Waals surface area contributed by atoms with Crippen molar-refractivity contribution in [1.82, 2.24) is 0 Å². The maximum absolute atomic E-state index is 12.8. The highest BCUT2D eigenvalue weighted by Gasteiger charge is 2.46. The second-order valence-electron chi connectivity index (χ2n) is 5.12. The summed E-state index contributed by atoms with van der Waals surface area (Å²) in [6.07, 6.45) is 3.31. The lowest BCUT2D eigenvalue weighted by Crippen LogP contribution is -2.51. The van der Waals surface area contributed by atoms with Gasteiger partial charge < -0.3 is 14.2 Å². The van der Waals surface area contributed by atoms with Gasteiger partial charge in [-0.1, -0.05) is 19.8 Å². The minimum absolute atomic E-state index is 0.136. The van der Waals surface area contributed by atoms with E-state index in [1.54, 1.807) is 0 Å². The number of hydrogen-bond donors (Lipinski definition) is 0. The second-order valence-corrected chi connectivity index (χ2v) is 5.12. The summed E-state index contributed by atoms with van der Waals surface area (Å²) in [7, 11) is 1.33. The van der Waals surface area contributed by atoms with Crippen molar-refractivity contribution in [2.24, 2.45) is 5.92 Å². The van der Waals surface area contributed by atoms with Gasteiger partial charge in [-0.2, -0.15) is 0 Å². The van der Waals surface area contributed by atoms with E-state index in [2.05, 4.69) is 0 Å². The first-order valence-corrected chi connectivity index (χ1v) is 7.45. The van der Waals surface area contributed by atoms with Gasteiger partial charge in [-0.3, -0.25) is 9.59 Å². The molecular weight excluding hydrogens is 260 g/mol. The second kappa shape index (κ2) is 8.37. The Morgan fingerprint density at radius 3 is 2.40 bits per heavy atom. The first kappa shape index (κ1) is 17.1. The zero-order valence-corrected chi connectivity index (χ0v) is 12.8. The molecule has 0 aromatic carbocycles. The van der Waals surface area contributed by atoms with E-state index in [9.17, 15) is 9.59 Å². The number of unbranched alkanes of at least 4 members (excludes halogenated alkanes) is 1. The Bertz CT molecular complexity index is 315. The van der Waals surface area contributed by atoms with E-state index in [1.165, 1.54) is 7.11 Å². The molecule has 0 aromatic heterocycles. The summed E-state index contributed by atoms with van der Waals surface area (Å²) in [5.41, 5.74) is -0.875. The van der Waals surface area contributed by atoms with E-state index in [0.717, 1.165) is 12.8 Å². The molecular formula is C15H26O5. The lowest BCUT2D eigenvalue weighted by Gasteiger charge is -2.37. The normalized spacial score (nSPS) is 19.4. The Labute approximate surface area is 121 Å². The molecule has 5 heteroatoms. The highest BCUT2D eigenvalue weighted by Crippen LogP contribution is 2.31. The third kappa shape index (κ3) is 4.03. The van der Waals surface area contributed by atoms with Gasteiger partial charge in [0.15, 0.2) is 5.78 Å². The number of Topliss-reactive ketones (excluding diaryl/α,β-unsaturated/α-hetero) is 1. The molecule has 0 spiro atoms. The van der Waals surface area contributed by atoms with Crippen LogP contribution in [0.5, 0.6) is 0 Å². The molecule has 1 aliphatic rings. The summed E-state index contributed by atoms with van der Waals surface area (Å²) in [5.74, 6) is -1.30. The van der Waals surface area contributed by atoms with Crippen LogP contribution in [0.15, 0.2) is 0 Å². The van der Waals surface area contributed by atoms with E-state index in [1.807, 2.05) is 13.8 Å². The van der Waals surface area contributed by atoms with Crippen LogP contribution in [-0.2, 0) is 23.8 Å². The lowest BCUT2D eigenvalue weighted by molar-refractivity contribution is -0.169. The van der Waals surface area contributed by atoms with Gasteiger partial charge in [-0.05, 0) is 13.3 Å². The summed E-state index contributed by atoms with van der Waals surface area (Å²) in [5, 5.41) is 0. The third-order valence-electron chi connectivity index (χ3n) is 3.82. The van der Waals surface area contributed by atoms with Crippen LogP contribution in [0.1, 0.15) is 46.0 Å². The fourth-order valence-corrected chi connectivity index (χ4v) is 2.66. The maximum atomic E-state index is 12.8. The van der Waals surface area contributed by atoms with Crippen molar-refractivity contribution < 1.29 is 23.8 Å². The average molecular weight is 286 g/mol. The monoisotopic (exact) mass is 286 g/mol. The average Bonchev–Trinajstić information content (AvgIpc) is 2.48. The topological polar surface area (TPSA) is 61.8 Å². The molecule has 1 fully saturated rings. The molecule has 0 radical (unpaired) electrons. The van der Waals surface area contributed by atoms with Crippen molar-refractivity contribution in [3.8, 4) is 0 Å². The molecule has 0 amide bonds. The summed E-state index contributed by atoms with van der Waals surface area (Å²) in [4.78, 5) is 24.8. The van der Waals surface area contributed by atoms with E-state index in [-0.39, 0.29) is 5.78 Å². The zero-order chi connectivity index (χ0) is 15.0. The highest BCUT2D eigenvalue weighted by atomic mass is 16.5. The predicted octanol–water partition coefficient (Wildman–Crippen LogP) is 2.12. The van der Waals surface area contributed by atoms with Crippen molar-refractivity contribution in [2.45, 2.75) is 51.6 Å². The van der Waals surface area contributed by atoms with Gasteiger partial charge in [0.1, 0.15) is 11.5 Å². The zero-order valence-electron chi connectivity index (χ0n) is 12.8. The number of carbonyl (C=O) groups excluding carboxylic acids is 2. The minimum atomic E-state index is -0.875. The Hall–Kier alpha value is -0.940. The molecule has 0 aromatic rings. The van der Waals surface area contributed by atoms with Gasteiger partial charge in [0.2, 0.25) is 0 Å². The third-order valence-corrected chi connectivity index (χ3v) is 3.82. The van der Waals surface area contributed by atoms with Crippen molar-refractivity contribution in [3.05, 3.63) is 0 Å². The molecule has 5 nitrogen and oxygen atoms in total. The van der Waals surface area contributed by atoms with Crippen LogP contribution in [0.4, 0.5) is 0 Å². The quantitative estimate of drug-likeness (QED) is 0.505. The molecule has 0 saturated carbocycles. The SMILES string of the molecule is CCCCC(C(=O)OC)C(=O)C1(OCC)CCOCC1. The number of esters is 1. The first-order valence-electron chi connectivity index (χ1n) is 7.45. The largest absolute Gasteiger partial charge is 0.468 e. The molecule has 0 bridgehead atoms. The van der Waals surface area contributed by atoms with Crippen molar-refractivity contribution in [3.63, 3.8) is 0 Å². The van der Waals surface area contributed by atoms with E-state index in [4.69, 9.17) is 14.2 Å². The maximum Gasteiger partial charge on any atom is 0.316 e. The van der Waals surface area contributed by atoms with Gasteiger partial charge >= 0.3 is 5.97 Å². The molecule has 1 atom stereocenters. The summed E-state index contributed by atoms with van der Waals surface area (Å²) in [6.45, 7) is 5.34. The Balaban J connectivity index is 2.90. The molecule has 1 heterocycles. The Morgan fingerprint density at radius 2 is 1.90 bits per heavy atom. The molecule has 20 heavy (non-hydrogen) atoms. The van der Waals surface area contributed by atoms with Crippen LogP contribution in [-0.4, -0.2) is 44.3 Å². The van der Waals surface area contributed by atoms with Crippen LogP contribution in [0, 0.1) is 5.92 Å². The van der Waals surface area contributed by atoms with Crippen molar-refractivity contribution in [2.75, 3.05) is 26.9 Å². The van der Waals surface area contributed by atoms with E-state index >= 15 is 0 Å². The molecule has 1 aliphatic heterocycles. The molecule has 1 rings (SSSR count). The summed E-state index contributed by atoms with van der Waals surface area (Å²) >= 11 is 0.